The van der Waals surface area contributed by atoms with Crippen LogP contribution >= 0.6 is 0 Å². The largest absolute Gasteiger partial charge is 0.507 e. The number of carbonyl (C=O) groups excluding carboxylic acids is 1. The molecule has 1 heterocycles. The van der Waals surface area contributed by atoms with E-state index in [0.717, 1.165) is 18.3 Å². The van der Waals surface area contributed by atoms with E-state index in [0.29, 0.717) is 5.56 Å². The van der Waals surface area contributed by atoms with Crippen molar-refractivity contribution in [1.29, 1.82) is 0 Å². The van der Waals surface area contributed by atoms with E-state index in [-0.39, 0.29) is 11.3 Å². The molecule has 0 atom stereocenters. The van der Waals surface area contributed by atoms with Gasteiger partial charge >= 0.3 is 0 Å². The Balaban J connectivity index is 2.04. The van der Waals surface area contributed by atoms with Crippen LogP contribution in [0.2, 0.25) is 0 Å². The Hall–Kier alpha value is -2.76. The molecule has 0 saturated heterocycles. The average Bonchev–Trinajstić information content (AvgIpc) is 2.43. The van der Waals surface area contributed by atoms with Gasteiger partial charge in [-0.3, -0.25) is 9.78 Å². The van der Waals surface area contributed by atoms with Gasteiger partial charge in [-0.15, -0.1) is 0 Å². The molecule has 0 aliphatic rings. The number of hydrogen-bond acceptors (Lipinski definition) is 4. The van der Waals surface area contributed by atoms with Gasteiger partial charge in [0.25, 0.3) is 5.91 Å². The lowest BCUT2D eigenvalue weighted by molar-refractivity contribution is 0.0955. The fourth-order valence-corrected chi connectivity index (χ4v) is 1.36. The second kappa shape index (κ2) is 5.72. The number of halogens is 1. The lowest BCUT2D eigenvalue weighted by Crippen LogP contribution is -2.17. The summed E-state index contributed by atoms with van der Waals surface area (Å²) >= 11 is 0. The van der Waals surface area contributed by atoms with E-state index in [1.54, 1.807) is 0 Å². The number of benzene rings is 1. The van der Waals surface area contributed by atoms with Crippen molar-refractivity contribution >= 4 is 12.1 Å². The minimum absolute atomic E-state index is 0.122. The summed E-state index contributed by atoms with van der Waals surface area (Å²) in [7, 11) is 0. The minimum Gasteiger partial charge on any atom is -0.507 e. The van der Waals surface area contributed by atoms with Crippen LogP contribution < -0.4 is 5.43 Å². The minimum atomic E-state index is -0.500. The molecular formula is C13H10FN3O2. The number of hydrogen-bond donors (Lipinski definition) is 2. The Morgan fingerprint density at radius 2 is 2.05 bits per heavy atom. The van der Waals surface area contributed by atoms with Crippen molar-refractivity contribution in [3.63, 3.8) is 0 Å². The third-order valence-corrected chi connectivity index (χ3v) is 2.30. The van der Waals surface area contributed by atoms with Crippen LogP contribution in [-0.2, 0) is 0 Å². The Morgan fingerprint density at radius 3 is 2.79 bits per heavy atom. The Labute approximate surface area is 108 Å². The Bertz CT molecular complexity index is 615. The number of aromatic nitrogens is 1. The first-order valence-corrected chi connectivity index (χ1v) is 5.39. The van der Waals surface area contributed by atoms with Gasteiger partial charge in [-0.25, -0.2) is 9.82 Å². The van der Waals surface area contributed by atoms with Gasteiger partial charge in [0.15, 0.2) is 0 Å². The molecule has 5 nitrogen and oxygen atoms in total. The summed E-state index contributed by atoms with van der Waals surface area (Å²) in [6.07, 6.45) is 4.13. The predicted molar refractivity (Wildman–Crippen MR) is 67.4 cm³/mol. The summed E-state index contributed by atoms with van der Waals surface area (Å²) in [5.41, 5.74) is 2.84. The van der Waals surface area contributed by atoms with Crippen LogP contribution in [0, 0.1) is 5.82 Å². The molecule has 6 heteroatoms. The van der Waals surface area contributed by atoms with Crippen LogP contribution in [0.15, 0.2) is 47.8 Å². The zero-order valence-corrected chi connectivity index (χ0v) is 9.75. The maximum atomic E-state index is 12.9. The van der Waals surface area contributed by atoms with Crippen molar-refractivity contribution < 1.29 is 14.3 Å². The lowest BCUT2D eigenvalue weighted by atomic mass is 10.2. The number of phenolic OH excluding ortho intramolecular Hbond substituents is 1. The van der Waals surface area contributed by atoms with Crippen LogP contribution in [0.3, 0.4) is 0 Å². The summed E-state index contributed by atoms with van der Waals surface area (Å²) < 4.78 is 12.9. The number of nitrogens with zero attached hydrogens (tertiary/aromatic N) is 2. The van der Waals surface area contributed by atoms with E-state index in [2.05, 4.69) is 15.5 Å². The van der Waals surface area contributed by atoms with Crippen LogP contribution in [0.5, 0.6) is 5.75 Å². The third-order valence-electron chi connectivity index (χ3n) is 2.30. The maximum Gasteiger partial charge on any atom is 0.271 e. The van der Waals surface area contributed by atoms with Crippen LogP contribution in [-0.4, -0.2) is 22.2 Å². The average molecular weight is 259 g/mol. The Kier molecular flexibility index (Phi) is 3.82. The molecule has 0 saturated carbocycles. The molecule has 2 N–H and O–H groups in total. The molecule has 0 aliphatic carbocycles. The van der Waals surface area contributed by atoms with Crippen molar-refractivity contribution in [2.24, 2.45) is 5.10 Å². The van der Waals surface area contributed by atoms with Crippen molar-refractivity contribution in [1.82, 2.24) is 10.4 Å². The third kappa shape index (κ3) is 3.35. The number of hydrazone groups is 1. The van der Waals surface area contributed by atoms with Crippen molar-refractivity contribution in [2.75, 3.05) is 0 Å². The first-order chi connectivity index (χ1) is 9.16. The molecule has 0 spiro atoms. The van der Waals surface area contributed by atoms with Crippen molar-refractivity contribution in [2.45, 2.75) is 0 Å². The smallest absolute Gasteiger partial charge is 0.271 e. The van der Waals surface area contributed by atoms with Gasteiger partial charge in [0, 0.05) is 23.5 Å². The zero-order valence-electron chi connectivity index (χ0n) is 9.75. The molecule has 1 aromatic heterocycles. The highest BCUT2D eigenvalue weighted by molar-refractivity contribution is 5.94. The first kappa shape index (κ1) is 12.7. The van der Waals surface area contributed by atoms with Crippen LogP contribution in [0.4, 0.5) is 4.39 Å². The number of nitrogens with one attached hydrogen (secondary N) is 1. The van der Waals surface area contributed by atoms with E-state index < -0.39 is 11.7 Å². The summed E-state index contributed by atoms with van der Waals surface area (Å²) in [5, 5.41) is 13.1. The Morgan fingerprint density at radius 1 is 1.32 bits per heavy atom. The molecule has 0 fully saturated rings. The zero-order chi connectivity index (χ0) is 13.7. The molecule has 2 aromatic rings. The molecule has 0 unspecified atom stereocenters. The van der Waals surface area contributed by atoms with Gasteiger partial charge in [-0.05, 0) is 30.3 Å². The molecule has 96 valence electrons. The number of carbonyl (C=O) groups is 1. The summed E-state index contributed by atoms with van der Waals surface area (Å²) in [6.45, 7) is 0. The van der Waals surface area contributed by atoms with Gasteiger partial charge in [-0.2, -0.15) is 5.10 Å². The second-order valence-corrected chi connectivity index (χ2v) is 3.64. The molecule has 0 aliphatic heterocycles. The molecule has 1 aromatic carbocycles. The van der Waals surface area contributed by atoms with Gasteiger partial charge in [0.1, 0.15) is 11.6 Å². The van der Waals surface area contributed by atoms with Crippen LogP contribution in [0.1, 0.15) is 15.9 Å². The highest BCUT2D eigenvalue weighted by Gasteiger charge is 2.03. The summed E-state index contributed by atoms with van der Waals surface area (Å²) in [6, 6.07) is 6.51. The standard InChI is InChI=1S/C13H10FN3O2/c14-11-1-2-12(18)10(7-11)8-16-17-13(19)9-3-5-15-6-4-9/h1-8,18H,(H,17,19)/b16-8+. The number of aromatic hydroxyl groups is 1. The van der Waals surface area contributed by atoms with E-state index in [4.69, 9.17) is 0 Å². The van der Waals surface area contributed by atoms with Gasteiger partial charge < -0.3 is 5.11 Å². The molecule has 19 heavy (non-hydrogen) atoms. The van der Waals surface area contributed by atoms with E-state index in [9.17, 15) is 14.3 Å². The van der Waals surface area contributed by atoms with E-state index in [1.165, 1.54) is 30.6 Å². The molecule has 0 radical (unpaired) electrons. The molecular weight excluding hydrogens is 249 g/mol. The SMILES string of the molecule is O=C(N/N=C/c1cc(F)ccc1O)c1ccncc1. The first-order valence-electron chi connectivity index (χ1n) is 5.39. The topological polar surface area (TPSA) is 74.6 Å². The molecule has 2 rings (SSSR count). The summed E-state index contributed by atoms with van der Waals surface area (Å²) in [5.74, 6) is -1.04. The van der Waals surface area contributed by atoms with E-state index in [1.807, 2.05) is 0 Å². The van der Waals surface area contributed by atoms with Gasteiger partial charge in [-0.1, -0.05) is 0 Å². The quantitative estimate of drug-likeness (QED) is 0.650. The number of phenols is 1. The lowest BCUT2D eigenvalue weighted by Gasteiger charge is -2.00. The normalized spacial score (nSPS) is 10.6. The van der Waals surface area contributed by atoms with Gasteiger partial charge in [0.05, 0.1) is 6.21 Å². The number of amides is 1. The number of rotatable bonds is 3. The van der Waals surface area contributed by atoms with Gasteiger partial charge in [0.2, 0.25) is 0 Å². The fraction of sp³-hybridized carbons (Fsp3) is 0. The monoisotopic (exact) mass is 259 g/mol. The summed E-state index contributed by atoms with van der Waals surface area (Å²) in [4.78, 5) is 15.4. The highest BCUT2D eigenvalue weighted by atomic mass is 19.1. The van der Waals surface area contributed by atoms with E-state index >= 15 is 0 Å². The van der Waals surface area contributed by atoms with Crippen molar-refractivity contribution in [3.8, 4) is 5.75 Å². The maximum absolute atomic E-state index is 12.9. The molecule has 1 amide bonds. The number of pyridine rings is 1. The van der Waals surface area contributed by atoms with Crippen molar-refractivity contribution in [3.05, 3.63) is 59.7 Å². The fourth-order valence-electron chi connectivity index (χ4n) is 1.36. The van der Waals surface area contributed by atoms with Crippen LogP contribution in [0.25, 0.3) is 0 Å². The molecule has 0 bridgehead atoms. The second-order valence-electron chi connectivity index (χ2n) is 3.64. The highest BCUT2D eigenvalue weighted by Crippen LogP contribution is 2.15. The predicted octanol–water partition coefficient (Wildman–Crippen LogP) is 1.69.